The molecule has 0 saturated heterocycles. The Labute approximate surface area is 110 Å². The Kier molecular flexibility index (Phi) is 3.44. The van der Waals surface area contributed by atoms with Crippen LogP contribution in [-0.4, -0.2) is 0 Å². The second-order valence-electron chi connectivity index (χ2n) is 3.72. The average Bonchev–Trinajstić information content (AvgIpc) is 2.49. The highest BCUT2D eigenvalue weighted by atomic mass is 14.9. The molecule has 0 unspecified atom stereocenters. The summed E-state index contributed by atoms with van der Waals surface area (Å²) < 4.78 is 0. The van der Waals surface area contributed by atoms with Crippen LogP contribution >= 0.6 is 0 Å². The molecule has 0 aromatic heterocycles. The zero-order valence-electron chi connectivity index (χ0n) is 9.88. The van der Waals surface area contributed by atoms with Crippen molar-refractivity contribution < 1.29 is 0 Å². The molecule has 88 valence electrons. The van der Waals surface area contributed by atoms with Crippen molar-refractivity contribution in [2.75, 3.05) is 0 Å². The number of hydrogen-bond acceptors (Lipinski definition) is 4. The van der Waals surface area contributed by atoms with Gasteiger partial charge in [0, 0.05) is 11.8 Å². The highest BCUT2D eigenvalue weighted by molar-refractivity contribution is 5.84. The van der Waals surface area contributed by atoms with Gasteiger partial charge in [-0.2, -0.15) is 15.8 Å². The van der Waals surface area contributed by atoms with E-state index < -0.39 is 0 Å². The smallest absolute Gasteiger partial charge is 0.154 e. The lowest BCUT2D eigenvalue weighted by Gasteiger charge is -2.15. The summed E-state index contributed by atoms with van der Waals surface area (Å²) in [4.78, 5) is 0. The van der Waals surface area contributed by atoms with E-state index in [-0.39, 0.29) is 11.3 Å². The Morgan fingerprint density at radius 1 is 1.00 bits per heavy atom. The van der Waals surface area contributed by atoms with E-state index in [1.807, 2.05) is 30.3 Å². The van der Waals surface area contributed by atoms with Gasteiger partial charge in [0.2, 0.25) is 0 Å². The monoisotopic (exact) mass is 244 g/mol. The summed E-state index contributed by atoms with van der Waals surface area (Å²) in [5.41, 5.74) is 2.01. The van der Waals surface area contributed by atoms with Crippen molar-refractivity contribution >= 4 is 5.57 Å². The quantitative estimate of drug-likeness (QED) is 0.769. The number of dihydropyridines is 1. The zero-order chi connectivity index (χ0) is 13.7. The lowest BCUT2D eigenvalue weighted by atomic mass is 9.94. The van der Waals surface area contributed by atoms with Gasteiger partial charge in [-0.15, -0.1) is 0 Å². The number of allylic oxidation sites excluding steroid dienone is 4. The van der Waals surface area contributed by atoms with Gasteiger partial charge >= 0.3 is 0 Å². The summed E-state index contributed by atoms with van der Waals surface area (Å²) in [7, 11) is 0. The molecular formula is C15H8N4. The van der Waals surface area contributed by atoms with Crippen LogP contribution in [0.2, 0.25) is 0 Å². The van der Waals surface area contributed by atoms with Gasteiger partial charge in [0.25, 0.3) is 0 Å². The maximum absolute atomic E-state index is 9.30. The number of nitriles is 3. The maximum Gasteiger partial charge on any atom is 0.154 e. The fourth-order valence-corrected chi connectivity index (χ4v) is 1.81. The molecule has 0 amide bonds. The third-order valence-corrected chi connectivity index (χ3v) is 2.67. The molecule has 1 aromatic carbocycles. The number of nitrogens with zero attached hydrogens (tertiary/aromatic N) is 3. The van der Waals surface area contributed by atoms with Crippen molar-refractivity contribution in [3.8, 4) is 18.2 Å². The molecular weight excluding hydrogens is 236 g/mol. The van der Waals surface area contributed by atoms with Crippen LogP contribution < -0.4 is 5.32 Å². The molecule has 0 fully saturated rings. The molecule has 0 radical (unpaired) electrons. The number of benzene rings is 1. The third kappa shape index (κ3) is 2.22. The summed E-state index contributed by atoms with van der Waals surface area (Å²) >= 11 is 0. The van der Waals surface area contributed by atoms with E-state index in [2.05, 4.69) is 11.4 Å². The lowest BCUT2D eigenvalue weighted by molar-refractivity contribution is 1.06. The average molecular weight is 244 g/mol. The van der Waals surface area contributed by atoms with Gasteiger partial charge in [0.15, 0.2) is 5.57 Å². The standard InChI is InChI=1S/C15H8N4/c16-8-12(9-17)15-14(10-18)13(6-7-19-15)11-4-2-1-3-5-11/h1-7,19H. The second-order valence-corrected chi connectivity index (χ2v) is 3.72. The molecule has 2 rings (SSSR count). The Bertz CT molecular complexity index is 700. The molecule has 1 aliphatic rings. The highest BCUT2D eigenvalue weighted by Crippen LogP contribution is 2.27. The number of nitrogens with one attached hydrogen (secondary N) is 1. The molecule has 1 aliphatic heterocycles. The van der Waals surface area contributed by atoms with Gasteiger partial charge in [-0.1, -0.05) is 30.3 Å². The summed E-state index contributed by atoms with van der Waals surface area (Å²) in [5, 5.41) is 29.9. The molecule has 1 heterocycles. The molecule has 0 bridgehead atoms. The largest absolute Gasteiger partial charge is 0.359 e. The van der Waals surface area contributed by atoms with E-state index >= 15 is 0 Å². The maximum atomic E-state index is 9.30. The van der Waals surface area contributed by atoms with Gasteiger partial charge in [0.1, 0.15) is 18.2 Å². The number of hydrogen-bond donors (Lipinski definition) is 1. The molecule has 0 spiro atoms. The molecule has 4 nitrogen and oxygen atoms in total. The summed E-state index contributed by atoms with van der Waals surface area (Å²) in [6.45, 7) is 0. The highest BCUT2D eigenvalue weighted by Gasteiger charge is 2.18. The first-order valence-corrected chi connectivity index (χ1v) is 5.49. The van der Waals surface area contributed by atoms with Gasteiger partial charge in [-0.25, -0.2) is 0 Å². The van der Waals surface area contributed by atoms with E-state index in [1.54, 1.807) is 24.4 Å². The van der Waals surface area contributed by atoms with Crippen molar-refractivity contribution in [1.29, 1.82) is 15.8 Å². The minimum absolute atomic E-state index is 0.102. The predicted molar refractivity (Wildman–Crippen MR) is 69.5 cm³/mol. The Hall–Kier alpha value is -3.29. The first kappa shape index (κ1) is 12.2. The van der Waals surface area contributed by atoms with Crippen LogP contribution in [0, 0.1) is 34.0 Å². The van der Waals surface area contributed by atoms with E-state index in [0.29, 0.717) is 11.1 Å². The Balaban J connectivity index is 2.69. The summed E-state index contributed by atoms with van der Waals surface area (Å²) in [5.74, 6) is 0. The molecule has 1 N–H and O–H groups in total. The third-order valence-electron chi connectivity index (χ3n) is 2.67. The number of rotatable bonds is 1. The van der Waals surface area contributed by atoms with Crippen molar-refractivity contribution in [2.45, 2.75) is 0 Å². The van der Waals surface area contributed by atoms with E-state index in [0.717, 1.165) is 5.56 Å². The zero-order valence-corrected chi connectivity index (χ0v) is 9.88. The lowest BCUT2D eigenvalue weighted by Crippen LogP contribution is -2.14. The van der Waals surface area contributed by atoms with Crippen molar-refractivity contribution in [2.24, 2.45) is 0 Å². The van der Waals surface area contributed by atoms with Crippen LogP contribution in [0.25, 0.3) is 5.57 Å². The van der Waals surface area contributed by atoms with Gasteiger partial charge < -0.3 is 5.32 Å². The molecule has 4 heteroatoms. The SMILES string of the molecule is N#CC(C#N)=C1NC=CC(c2ccccc2)=C1C#N. The van der Waals surface area contributed by atoms with Crippen LogP contribution in [0.4, 0.5) is 0 Å². The minimum atomic E-state index is -0.102. The van der Waals surface area contributed by atoms with Crippen LogP contribution in [-0.2, 0) is 0 Å². The molecule has 19 heavy (non-hydrogen) atoms. The van der Waals surface area contributed by atoms with Gasteiger partial charge in [-0.3, -0.25) is 0 Å². The fourth-order valence-electron chi connectivity index (χ4n) is 1.81. The van der Waals surface area contributed by atoms with Crippen molar-refractivity contribution in [3.63, 3.8) is 0 Å². The second kappa shape index (κ2) is 5.36. The van der Waals surface area contributed by atoms with Gasteiger partial charge in [-0.05, 0) is 11.6 Å². The topological polar surface area (TPSA) is 83.4 Å². The van der Waals surface area contributed by atoms with Crippen molar-refractivity contribution in [3.05, 3.63) is 65.0 Å². The van der Waals surface area contributed by atoms with E-state index in [4.69, 9.17) is 10.5 Å². The fraction of sp³-hybridized carbons (Fsp3) is 0. The molecule has 0 saturated carbocycles. The molecule has 0 aliphatic carbocycles. The van der Waals surface area contributed by atoms with E-state index in [1.165, 1.54) is 0 Å². The normalized spacial score (nSPS) is 13.0. The summed E-state index contributed by atoms with van der Waals surface area (Å²) in [6, 6.07) is 15.0. The van der Waals surface area contributed by atoms with Crippen LogP contribution in [0.15, 0.2) is 59.5 Å². The van der Waals surface area contributed by atoms with Crippen LogP contribution in [0.3, 0.4) is 0 Å². The summed E-state index contributed by atoms with van der Waals surface area (Å²) in [6.07, 6.45) is 3.37. The Morgan fingerprint density at radius 3 is 2.26 bits per heavy atom. The molecule has 1 aromatic rings. The van der Waals surface area contributed by atoms with Crippen LogP contribution in [0.1, 0.15) is 5.56 Å². The van der Waals surface area contributed by atoms with Gasteiger partial charge in [0.05, 0.1) is 11.3 Å². The minimum Gasteiger partial charge on any atom is -0.359 e. The molecule has 0 atom stereocenters. The van der Waals surface area contributed by atoms with Crippen LogP contribution in [0.5, 0.6) is 0 Å². The van der Waals surface area contributed by atoms with Crippen molar-refractivity contribution in [1.82, 2.24) is 5.32 Å². The first-order chi connectivity index (χ1) is 9.31. The first-order valence-electron chi connectivity index (χ1n) is 5.49. The predicted octanol–water partition coefficient (Wildman–Crippen LogP) is 2.38. The Morgan fingerprint density at radius 2 is 1.68 bits per heavy atom. The van der Waals surface area contributed by atoms with E-state index in [9.17, 15) is 5.26 Å².